The molecule has 0 fully saturated rings. The number of sulfone groups is 2. The molecular weight excluding hydrogens is 310 g/mol. The molecule has 0 saturated carbocycles. The van der Waals surface area contributed by atoms with E-state index in [1.165, 1.54) is 12.1 Å². The molecule has 0 bridgehead atoms. The van der Waals surface area contributed by atoms with Crippen molar-refractivity contribution in [3.8, 4) is 0 Å². The Kier molecular flexibility index (Phi) is 6.83. The van der Waals surface area contributed by atoms with Gasteiger partial charge in [0.25, 0.3) is 0 Å². The monoisotopic (exact) mass is 333 g/mol. The van der Waals surface area contributed by atoms with Gasteiger partial charge in [-0.05, 0) is 24.1 Å². The van der Waals surface area contributed by atoms with Gasteiger partial charge in [-0.25, -0.2) is 16.8 Å². The van der Waals surface area contributed by atoms with Gasteiger partial charge in [-0.15, -0.1) is 0 Å². The Hall–Kier alpha value is -0.920. The summed E-state index contributed by atoms with van der Waals surface area (Å²) in [6.07, 6.45) is 2.36. The summed E-state index contributed by atoms with van der Waals surface area (Å²) in [5.41, 5.74) is 6.29. The molecule has 0 saturated heterocycles. The maximum Gasteiger partial charge on any atom is 0.179 e. The van der Waals surface area contributed by atoms with Crippen LogP contribution in [-0.4, -0.2) is 34.1 Å². The summed E-state index contributed by atoms with van der Waals surface area (Å²) in [6.45, 7) is 2.33. The Morgan fingerprint density at radius 1 is 0.905 bits per heavy atom. The van der Waals surface area contributed by atoms with Gasteiger partial charge in [0, 0.05) is 6.54 Å². The topological polar surface area (TPSA) is 94.3 Å². The molecule has 0 amide bonds. The molecular formula is C14H23NO4S2. The van der Waals surface area contributed by atoms with Gasteiger partial charge in [0.05, 0.1) is 22.2 Å². The van der Waals surface area contributed by atoms with E-state index in [4.69, 9.17) is 5.73 Å². The molecule has 1 rings (SSSR count). The van der Waals surface area contributed by atoms with Crippen molar-refractivity contribution in [2.75, 3.05) is 17.3 Å². The second-order valence-electron chi connectivity index (χ2n) is 5.03. The van der Waals surface area contributed by atoms with Crippen LogP contribution < -0.4 is 5.73 Å². The highest BCUT2D eigenvalue weighted by atomic mass is 32.2. The molecule has 0 aliphatic heterocycles. The SMILES string of the molecule is CCCCCS(=O)(=O)CCS(=O)(=O)c1ccc(CN)cc1. The molecule has 0 aliphatic rings. The zero-order chi connectivity index (χ0) is 15.9. The van der Waals surface area contributed by atoms with Crippen molar-refractivity contribution in [1.82, 2.24) is 0 Å². The number of hydrogen-bond acceptors (Lipinski definition) is 5. The van der Waals surface area contributed by atoms with Crippen LogP contribution in [0.3, 0.4) is 0 Å². The van der Waals surface area contributed by atoms with Gasteiger partial charge in [-0.3, -0.25) is 0 Å². The van der Waals surface area contributed by atoms with Crippen LogP contribution in [0.2, 0.25) is 0 Å². The summed E-state index contributed by atoms with van der Waals surface area (Å²) in [5.74, 6) is -0.635. The quantitative estimate of drug-likeness (QED) is 0.692. The normalized spacial score (nSPS) is 12.5. The van der Waals surface area contributed by atoms with Crippen LogP contribution in [0.15, 0.2) is 29.2 Å². The molecule has 0 unspecified atom stereocenters. The van der Waals surface area contributed by atoms with Crippen LogP contribution in [-0.2, 0) is 26.2 Å². The Balaban J connectivity index is 2.67. The molecule has 0 radical (unpaired) electrons. The Morgan fingerprint density at radius 3 is 2.05 bits per heavy atom. The van der Waals surface area contributed by atoms with Gasteiger partial charge in [0.1, 0.15) is 0 Å². The van der Waals surface area contributed by atoms with Crippen molar-refractivity contribution < 1.29 is 16.8 Å². The molecule has 21 heavy (non-hydrogen) atoms. The van der Waals surface area contributed by atoms with E-state index in [-0.39, 0.29) is 22.2 Å². The van der Waals surface area contributed by atoms with Crippen LogP contribution in [0, 0.1) is 0 Å². The maximum atomic E-state index is 12.1. The van der Waals surface area contributed by atoms with Gasteiger partial charge in [0.2, 0.25) is 0 Å². The van der Waals surface area contributed by atoms with Gasteiger partial charge in [-0.2, -0.15) is 0 Å². The van der Waals surface area contributed by atoms with E-state index in [0.717, 1.165) is 18.4 Å². The van der Waals surface area contributed by atoms with Crippen molar-refractivity contribution in [1.29, 1.82) is 0 Å². The summed E-state index contributed by atoms with van der Waals surface area (Å²) in [4.78, 5) is 0.142. The molecule has 0 aliphatic carbocycles. The van der Waals surface area contributed by atoms with Crippen LogP contribution in [0.25, 0.3) is 0 Å². The fraction of sp³-hybridized carbons (Fsp3) is 0.571. The number of benzene rings is 1. The third kappa shape index (κ3) is 6.15. The molecule has 120 valence electrons. The van der Waals surface area contributed by atoms with Crippen molar-refractivity contribution in [3.05, 3.63) is 29.8 Å². The van der Waals surface area contributed by atoms with Gasteiger partial charge >= 0.3 is 0 Å². The van der Waals surface area contributed by atoms with E-state index in [0.29, 0.717) is 13.0 Å². The van der Waals surface area contributed by atoms with Gasteiger partial charge in [-0.1, -0.05) is 31.9 Å². The lowest BCUT2D eigenvalue weighted by molar-refractivity contribution is 0.584. The number of rotatable bonds is 9. The van der Waals surface area contributed by atoms with Crippen molar-refractivity contribution >= 4 is 19.7 Å². The number of hydrogen-bond donors (Lipinski definition) is 1. The van der Waals surface area contributed by atoms with Crippen molar-refractivity contribution in [2.45, 2.75) is 37.6 Å². The van der Waals surface area contributed by atoms with E-state index in [9.17, 15) is 16.8 Å². The summed E-state index contributed by atoms with van der Waals surface area (Å²) < 4.78 is 47.8. The lowest BCUT2D eigenvalue weighted by atomic mass is 10.2. The first-order chi connectivity index (χ1) is 9.80. The third-order valence-electron chi connectivity index (χ3n) is 3.24. The summed E-state index contributed by atoms with van der Waals surface area (Å²) in [5, 5.41) is 0. The third-order valence-corrected chi connectivity index (χ3v) is 6.97. The summed E-state index contributed by atoms with van der Waals surface area (Å²) in [6, 6.07) is 6.23. The standard InChI is InChI=1S/C14H23NO4S2/c1-2-3-4-9-20(16,17)10-11-21(18,19)14-7-5-13(12-15)6-8-14/h5-8H,2-4,9-12,15H2,1H3. The average molecular weight is 333 g/mol. The molecule has 2 N–H and O–H groups in total. The highest BCUT2D eigenvalue weighted by Gasteiger charge is 2.19. The average Bonchev–Trinajstić information content (AvgIpc) is 2.46. The van der Waals surface area contributed by atoms with Gasteiger partial charge < -0.3 is 5.73 Å². The Bertz CT molecular complexity index is 634. The van der Waals surface area contributed by atoms with Crippen molar-refractivity contribution in [3.63, 3.8) is 0 Å². The molecule has 0 atom stereocenters. The second-order valence-corrected chi connectivity index (χ2v) is 9.44. The minimum absolute atomic E-state index is 0.0580. The van der Waals surface area contributed by atoms with Crippen LogP contribution in [0.5, 0.6) is 0 Å². The number of unbranched alkanes of at least 4 members (excludes halogenated alkanes) is 2. The Morgan fingerprint density at radius 2 is 1.52 bits per heavy atom. The highest BCUT2D eigenvalue weighted by Crippen LogP contribution is 2.13. The zero-order valence-corrected chi connectivity index (χ0v) is 13.9. The predicted octanol–water partition coefficient (Wildman–Crippen LogP) is 1.52. The molecule has 0 spiro atoms. The second kappa shape index (κ2) is 7.91. The molecule has 1 aromatic carbocycles. The fourth-order valence-electron chi connectivity index (χ4n) is 1.86. The minimum atomic E-state index is -3.57. The lowest BCUT2D eigenvalue weighted by Gasteiger charge is -2.06. The molecule has 5 nitrogen and oxygen atoms in total. The molecule has 0 heterocycles. The van der Waals surface area contributed by atoms with E-state index in [1.54, 1.807) is 12.1 Å². The van der Waals surface area contributed by atoms with Gasteiger partial charge in [0.15, 0.2) is 19.7 Å². The zero-order valence-electron chi connectivity index (χ0n) is 12.3. The minimum Gasteiger partial charge on any atom is -0.326 e. The predicted molar refractivity (Wildman–Crippen MR) is 84.6 cm³/mol. The number of nitrogens with two attached hydrogens (primary N) is 1. The fourth-order valence-corrected chi connectivity index (χ4v) is 5.39. The molecule has 0 aromatic heterocycles. The largest absolute Gasteiger partial charge is 0.326 e. The van der Waals surface area contributed by atoms with Crippen molar-refractivity contribution in [2.24, 2.45) is 5.73 Å². The molecule has 1 aromatic rings. The smallest absolute Gasteiger partial charge is 0.179 e. The van der Waals surface area contributed by atoms with Crippen LogP contribution in [0.1, 0.15) is 31.7 Å². The first-order valence-electron chi connectivity index (χ1n) is 7.03. The maximum absolute atomic E-state index is 12.1. The van der Waals surface area contributed by atoms with E-state index < -0.39 is 19.7 Å². The molecule has 7 heteroatoms. The first kappa shape index (κ1) is 18.1. The van der Waals surface area contributed by atoms with Crippen LogP contribution in [0.4, 0.5) is 0 Å². The summed E-state index contributed by atoms with van der Waals surface area (Å²) >= 11 is 0. The van der Waals surface area contributed by atoms with E-state index in [1.807, 2.05) is 6.92 Å². The lowest BCUT2D eigenvalue weighted by Crippen LogP contribution is -2.19. The Labute approximate surface area is 127 Å². The first-order valence-corrected chi connectivity index (χ1v) is 10.5. The summed E-state index contributed by atoms with van der Waals surface area (Å²) in [7, 11) is -6.88. The highest BCUT2D eigenvalue weighted by molar-refractivity contribution is 7.95. The van der Waals surface area contributed by atoms with E-state index >= 15 is 0 Å². The van der Waals surface area contributed by atoms with E-state index in [2.05, 4.69) is 0 Å². The van der Waals surface area contributed by atoms with Crippen LogP contribution >= 0.6 is 0 Å².